The summed E-state index contributed by atoms with van der Waals surface area (Å²) in [5.41, 5.74) is 0.476. The lowest BCUT2D eigenvalue weighted by atomic mass is 9.89. The van der Waals surface area contributed by atoms with Crippen LogP contribution in [0.5, 0.6) is 0 Å². The Labute approximate surface area is 59.9 Å². The minimum atomic E-state index is -0.257. The second kappa shape index (κ2) is 2.11. The van der Waals surface area contributed by atoms with Crippen molar-refractivity contribution in [1.82, 2.24) is 0 Å². The Kier molecular flexibility index (Phi) is 1.55. The van der Waals surface area contributed by atoms with Gasteiger partial charge in [0.2, 0.25) is 0 Å². The molecule has 1 aromatic rings. The third-order valence-corrected chi connectivity index (χ3v) is 1.42. The van der Waals surface area contributed by atoms with E-state index >= 15 is 0 Å². The molecule has 0 aliphatic rings. The van der Waals surface area contributed by atoms with Gasteiger partial charge in [0.05, 0.1) is 6.26 Å². The van der Waals surface area contributed by atoms with Gasteiger partial charge in [-0.15, -0.1) is 0 Å². The number of hydrogen-bond acceptors (Lipinski definition) is 1. The maximum atomic E-state index is 12.8. The first-order valence-corrected chi connectivity index (χ1v) is 3.24. The second-order valence-corrected chi connectivity index (χ2v) is 3.38. The summed E-state index contributed by atoms with van der Waals surface area (Å²) in [5.74, 6) is -0.257. The van der Waals surface area contributed by atoms with Gasteiger partial charge in [0.15, 0.2) is 5.82 Å². The van der Waals surface area contributed by atoms with Gasteiger partial charge in [-0.1, -0.05) is 20.8 Å². The predicted molar refractivity (Wildman–Crippen MR) is 37.4 cm³/mol. The van der Waals surface area contributed by atoms with Crippen molar-refractivity contribution in [3.05, 3.63) is 23.9 Å². The third kappa shape index (κ3) is 1.20. The van der Waals surface area contributed by atoms with Crippen molar-refractivity contribution in [2.75, 3.05) is 0 Å². The van der Waals surface area contributed by atoms with E-state index in [1.807, 2.05) is 20.8 Å². The van der Waals surface area contributed by atoms with Crippen molar-refractivity contribution in [2.24, 2.45) is 0 Å². The van der Waals surface area contributed by atoms with Crippen LogP contribution < -0.4 is 0 Å². The Morgan fingerprint density at radius 3 is 2.10 bits per heavy atom. The summed E-state index contributed by atoms with van der Waals surface area (Å²) in [7, 11) is 0. The fourth-order valence-corrected chi connectivity index (χ4v) is 0.817. The van der Waals surface area contributed by atoms with Gasteiger partial charge in [-0.05, 0) is 5.41 Å². The first-order valence-electron chi connectivity index (χ1n) is 3.24. The second-order valence-electron chi connectivity index (χ2n) is 3.38. The largest absolute Gasteiger partial charge is 0.469 e. The average molecular weight is 142 g/mol. The van der Waals surface area contributed by atoms with Crippen molar-refractivity contribution < 1.29 is 8.81 Å². The smallest absolute Gasteiger partial charge is 0.164 e. The maximum Gasteiger partial charge on any atom is 0.164 e. The molecule has 0 atom stereocenters. The summed E-state index contributed by atoms with van der Waals surface area (Å²) in [6.45, 7) is 5.84. The van der Waals surface area contributed by atoms with Crippen molar-refractivity contribution in [2.45, 2.75) is 26.2 Å². The van der Waals surface area contributed by atoms with Crippen molar-refractivity contribution in [3.8, 4) is 0 Å². The van der Waals surface area contributed by atoms with E-state index in [-0.39, 0.29) is 11.2 Å². The average Bonchev–Trinajstić information content (AvgIpc) is 2.11. The van der Waals surface area contributed by atoms with Crippen molar-refractivity contribution in [3.63, 3.8) is 0 Å². The lowest BCUT2D eigenvalue weighted by Crippen LogP contribution is -2.11. The van der Waals surface area contributed by atoms with Gasteiger partial charge < -0.3 is 4.42 Å². The molecule has 0 saturated carbocycles. The summed E-state index contributed by atoms with van der Waals surface area (Å²) in [5, 5.41) is 0. The van der Waals surface area contributed by atoms with Gasteiger partial charge in [-0.25, -0.2) is 4.39 Å². The van der Waals surface area contributed by atoms with E-state index in [1.54, 1.807) is 0 Å². The van der Waals surface area contributed by atoms with Crippen LogP contribution in [0.15, 0.2) is 16.9 Å². The zero-order chi connectivity index (χ0) is 7.78. The molecule has 56 valence electrons. The molecule has 0 aliphatic carbocycles. The molecule has 0 saturated heterocycles. The number of rotatable bonds is 0. The summed E-state index contributed by atoms with van der Waals surface area (Å²) in [6.07, 6.45) is 2.58. The minimum Gasteiger partial charge on any atom is -0.469 e. The number of halogens is 1. The van der Waals surface area contributed by atoms with Gasteiger partial charge in [0.25, 0.3) is 0 Å². The number of furan rings is 1. The predicted octanol–water partition coefficient (Wildman–Crippen LogP) is 2.72. The van der Waals surface area contributed by atoms with Crippen LogP contribution in [0.1, 0.15) is 26.3 Å². The highest BCUT2D eigenvalue weighted by Gasteiger charge is 2.19. The van der Waals surface area contributed by atoms with Gasteiger partial charge in [0, 0.05) is 5.56 Å². The monoisotopic (exact) mass is 142 g/mol. The molecule has 0 bridgehead atoms. The quantitative estimate of drug-likeness (QED) is 0.542. The molecule has 2 heteroatoms. The molecule has 0 aliphatic heterocycles. The SMILES string of the molecule is CC(C)(C)c1cocc1F. The molecule has 0 fully saturated rings. The molecule has 0 spiro atoms. The van der Waals surface area contributed by atoms with E-state index in [9.17, 15) is 4.39 Å². The summed E-state index contributed by atoms with van der Waals surface area (Å²) < 4.78 is 17.4. The molecule has 1 aromatic heterocycles. The maximum absolute atomic E-state index is 12.8. The molecule has 1 nitrogen and oxygen atoms in total. The zero-order valence-electron chi connectivity index (χ0n) is 6.44. The molecular weight excluding hydrogens is 131 g/mol. The molecular formula is C8H11FO. The van der Waals surface area contributed by atoms with Crippen LogP contribution >= 0.6 is 0 Å². The van der Waals surface area contributed by atoms with Crippen molar-refractivity contribution >= 4 is 0 Å². The van der Waals surface area contributed by atoms with Crippen LogP contribution in [-0.4, -0.2) is 0 Å². The highest BCUT2D eigenvalue weighted by molar-refractivity contribution is 5.18. The Bertz CT molecular complexity index is 219. The molecule has 1 rings (SSSR count). The van der Waals surface area contributed by atoms with Gasteiger partial charge in [0.1, 0.15) is 6.26 Å². The Morgan fingerprint density at radius 1 is 1.30 bits per heavy atom. The number of hydrogen-bond donors (Lipinski definition) is 0. The molecule has 0 amide bonds. The van der Waals surface area contributed by atoms with Crippen LogP contribution in [0.3, 0.4) is 0 Å². The highest BCUT2D eigenvalue weighted by Crippen LogP contribution is 2.24. The Hall–Kier alpha value is -0.790. The van der Waals surface area contributed by atoms with Crippen LogP contribution in [-0.2, 0) is 5.41 Å². The summed E-state index contributed by atoms with van der Waals surface area (Å²) >= 11 is 0. The van der Waals surface area contributed by atoms with Crippen LogP contribution in [0, 0.1) is 5.82 Å². The van der Waals surface area contributed by atoms with Gasteiger partial charge in [-0.2, -0.15) is 0 Å². The van der Waals surface area contributed by atoms with Crippen LogP contribution in [0.25, 0.3) is 0 Å². The highest BCUT2D eigenvalue weighted by atomic mass is 19.1. The van der Waals surface area contributed by atoms with Crippen molar-refractivity contribution in [1.29, 1.82) is 0 Å². The fraction of sp³-hybridized carbons (Fsp3) is 0.500. The molecule has 0 N–H and O–H groups in total. The normalized spacial score (nSPS) is 12.0. The van der Waals surface area contributed by atoms with E-state index in [0.29, 0.717) is 5.56 Å². The van der Waals surface area contributed by atoms with E-state index in [2.05, 4.69) is 0 Å². The Morgan fingerprint density at radius 2 is 1.90 bits per heavy atom. The zero-order valence-corrected chi connectivity index (χ0v) is 6.44. The minimum absolute atomic E-state index is 0.156. The fourth-order valence-electron chi connectivity index (χ4n) is 0.817. The van der Waals surface area contributed by atoms with E-state index in [1.165, 1.54) is 6.26 Å². The molecule has 10 heavy (non-hydrogen) atoms. The first kappa shape index (κ1) is 7.32. The molecule has 1 heterocycles. The van der Waals surface area contributed by atoms with Gasteiger partial charge in [-0.3, -0.25) is 0 Å². The van der Waals surface area contributed by atoms with E-state index in [0.717, 1.165) is 6.26 Å². The summed E-state index contributed by atoms with van der Waals surface area (Å²) in [6, 6.07) is 0. The topological polar surface area (TPSA) is 13.1 Å². The van der Waals surface area contributed by atoms with E-state index < -0.39 is 0 Å². The lowest BCUT2D eigenvalue weighted by Gasteiger charge is -2.15. The summed E-state index contributed by atoms with van der Waals surface area (Å²) in [4.78, 5) is 0. The molecule has 0 aromatic carbocycles. The van der Waals surface area contributed by atoms with Crippen LogP contribution in [0.2, 0.25) is 0 Å². The first-order chi connectivity index (χ1) is 4.52. The standard InChI is InChI=1S/C8H11FO/c1-8(2,3)6-4-10-5-7(6)9/h4-5H,1-3H3. The van der Waals surface area contributed by atoms with Crippen LogP contribution in [0.4, 0.5) is 4.39 Å². The Balaban J connectivity index is 3.05. The molecule has 0 radical (unpaired) electrons. The lowest BCUT2D eigenvalue weighted by molar-refractivity contribution is 0.527. The third-order valence-electron chi connectivity index (χ3n) is 1.42. The molecule has 0 unspecified atom stereocenters. The van der Waals surface area contributed by atoms with Gasteiger partial charge >= 0.3 is 0 Å². The van der Waals surface area contributed by atoms with E-state index in [4.69, 9.17) is 4.42 Å².